The van der Waals surface area contributed by atoms with E-state index in [1.165, 1.54) is 0 Å². The monoisotopic (exact) mass is 423 g/mol. The van der Waals surface area contributed by atoms with Crippen LogP contribution in [0.1, 0.15) is 4.88 Å². The third kappa shape index (κ3) is 4.22. The maximum absolute atomic E-state index is 12.8. The molecule has 0 aliphatic heterocycles. The molecule has 0 unspecified atom stereocenters. The van der Waals surface area contributed by atoms with Crippen molar-refractivity contribution >= 4 is 59.9 Å². The zero-order valence-electron chi connectivity index (χ0n) is 13.5. The normalized spacial score (nSPS) is 11.3. The highest BCUT2D eigenvalue weighted by molar-refractivity contribution is 9.10. The first kappa shape index (κ1) is 17.5. The zero-order valence-corrected chi connectivity index (χ0v) is 16.7. The van der Waals surface area contributed by atoms with Gasteiger partial charge in [-0.25, -0.2) is 4.98 Å². The van der Waals surface area contributed by atoms with Crippen LogP contribution in [0.4, 0.5) is 5.13 Å². The van der Waals surface area contributed by atoms with Crippen LogP contribution in [0.15, 0.2) is 40.2 Å². The highest BCUT2D eigenvalue weighted by Gasteiger charge is 2.20. The number of thiazole rings is 1. The molecule has 1 amide bonds. The quantitative estimate of drug-likeness (QED) is 0.594. The summed E-state index contributed by atoms with van der Waals surface area (Å²) in [5.41, 5.74) is 0.928. The number of rotatable bonds is 6. The average molecular weight is 424 g/mol. The van der Waals surface area contributed by atoms with Crippen LogP contribution in [0, 0.1) is 0 Å². The minimum Gasteiger partial charge on any atom is -0.308 e. The molecule has 7 heteroatoms. The molecule has 3 rings (SSSR count). The van der Waals surface area contributed by atoms with Crippen LogP contribution in [-0.2, 0) is 11.2 Å². The van der Waals surface area contributed by atoms with Crippen LogP contribution < -0.4 is 4.90 Å². The van der Waals surface area contributed by atoms with Crippen LogP contribution in [-0.4, -0.2) is 43.0 Å². The van der Waals surface area contributed by atoms with Crippen molar-refractivity contribution in [2.24, 2.45) is 0 Å². The molecule has 4 nitrogen and oxygen atoms in total. The van der Waals surface area contributed by atoms with Gasteiger partial charge in [-0.3, -0.25) is 9.69 Å². The molecule has 24 heavy (non-hydrogen) atoms. The van der Waals surface area contributed by atoms with Gasteiger partial charge < -0.3 is 4.90 Å². The molecule has 1 aromatic carbocycles. The summed E-state index contributed by atoms with van der Waals surface area (Å²) in [5, 5.41) is 2.77. The molecule has 0 fully saturated rings. The Morgan fingerprint density at radius 3 is 2.79 bits per heavy atom. The third-order valence-electron chi connectivity index (χ3n) is 3.55. The van der Waals surface area contributed by atoms with Gasteiger partial charge in [-0.05, 0) is 43.7 Å². The van der Waals surface area contributed by atoms with Gasteiger partial charge in [0.25, 0.3) is 0 Å². The molecular weight excluding hydrogens is 406 g/mol. The number of benzene rings is 1. The van der Waals surface area contributed by atoms with Gasteiger partial charge in [0, 0.05) is 22.4 Å². The molecule has 2 heterocycles. The van der Waals surface area contributed by atoms with Crippen molar-refractivity contribution in [3.05, 3.63) is 45.1 Å². The maximum atomic E-state index is 12.8. The number of halogens is 1. The van der Waals surface area contributed by atoms with Crippen molar-refractivity contribution < 1.29 is 4.79 Å². The smallest absolute Gasteiger partial charge is 0.234 e. The second-order valence-corrected chi connectivity index (χ2v) is 8.67. The van der Waals surface area contributed by atoms with Crippen LogP contribution in [0.5, 0.6) is 0 Å². The number of fused-ring (bicyclic) bond motifs is 1. The maximum Gasteiger partial charge on any atom is 0.234 e. The predicted molar refractivity (Wildman–Crippen MR) is 106 cm³/mol. The Labute approximate surface area is 157 Å². The molecule has 3 aromatic rings. The number of hydrogen-bond donors (Lipinski definition) is 0. The van der Waals surface area contributed by atoms with E-state index in [9.17, 15) is 4.79 Å². The topological polar surface area (TPSA) is 36.4 Å². The summed E-state index contributed by atoms with van der Waals surface area (Å²) in [7, 11) is 4.02. The highest BCUT2D eigenvalue weighted by Crippen LogP contribution is 2.31. The predicted octanol–water partition coefficient (Wildman–Crippen LogP) is 4.26. The molecule has 0 aliphatic carbocycles. The molecule has 2 aromatic heterocycles. The largest absolute Gasteiger partial charge is 0.308 e. The Balaban J connectivity index is 1.88. The standard InChI is InChI=1S/C17H18BrN3OS2/c1-20(2)7-8-21(16(22)11-13-4-3-9-23-13)17-19-14-6-5-12(18)10-15(14)24-17/h3-6,9-10H,7-8,11H2,1-2H3. The summed E-state index contributed by atoms with van der Waals surface area (Å²) >= 11 is 6.67. The van der Waals surface area contributed by atoms with Crippen molar-refractivity contribution in [1.29, 1.82) is 0 Å². The van der Waals surface area contributed by atoms with Gasteiger partial charge >= 0.3 is 0 Å². The summed E-state index contributed by atoms with van der Waals surface area (Å²) < 4.78 is 2.10. The molecule has 0 aliphatic rings. The first-order valence-corrected chi connectivity index (χ1v) is 10.1. The number of nitrogens with zero attached hydrogens (tertiary/aromatic N) is 3. The number of hydrogen-bond acceptors (Lipinski definition) is 5. The Hall–Kier alpha value is -1.28. The molecule has 0 radical (unpaired) electrons. The summed E-state index contributed by atoms with van der Waals surface area (Å²) in [6.45, 7) is 1.44. The van der Waals surface area contributed by atoms with E-state index >= 15 is 0 Å². The molecule has 0 atom stereocenters. The third-order valence-corrected chi connectivity index (χ3v) is 5.96. The van der Waals surface area contributed by atoms with Gasteiger partial charge in [0.15, 0.2) is 5.13 Å². The molecule has 0 spiro atoms. The number of aromatic nitrogens is 1. The van der Waals surface area contributed by atoms with Gasteiger partial charge in [-0.2, -0.15) is 0 Å². The summed E-state index contributed by atoms with van der Waals surface area (Å²) in [4.78, 5) is 22.5. The van der Waals surface area contributed by atoms with Crippen LogP contribution in [0.3, 0.4) is 0 Å². The number of carbonyl (C=O) groups is 1. The molecule has 126 valence electrons. The van der Waals surface area contributed by atoms with E-state index < -0.39 is 0 Å². The number of likely N-dealkylation sites (N-methyl/N-ethyl adjacent to an activating group) is 1. The lowest BCUT2D eigenvalue weighted by atomic mass is 10.3. The van der Waals surface area contributed by atoms with Crippen molar-refractivity contribution in [3.63, 3.8) is 0 Å². The lowest BCUT2D eigenvalue weighted by molar-refractivity contribution is -0.118. The zero-order chi connectivity index (χ0) is 17.1. The number of amides is 1. The van der Waals surface area contributed by atoms with E-state index in [-0.39, 0.29) is 5.91 Å². The summed E-state index contributed by atoms with van der Waals surface area (Å²) in [5.74, 6) is 0.0948. The second-order valence-electron chi connectivity index (χ2n) is 5.71. The van der Waals surface area contributed by atoms with Crippen molar-refractivity contribution in [1.82, 2.24) is 9.88 Å². The number of anilines is 1. The second kappa shape index (κ2) is 7.74. The summed E-state index contributed by atoms with van der Waals surface area (Å²) in [6.07, 6.45) is 0.421. The van der Waals surface area contributed by atoms with E-state index in [1.807, 2.05) is 54.7 Å². The van der Waals surface area contributed by atoms with Crippen LogP contribution in [0.25, 0.3) is 10.2 Å². The van der Waals surface area contributed by atoms with E-state index in [1.54, 1.807) is 22.7 Å². The summed E-state index contributed by atoms with van der Waals surface area (Å²) in [6, 6.07) is 9.98. The average Bonchev–Trinajstić information content (AvgIpc) is 3.16. The van der Waals surface area contributed by atoms with Crippen LogP contribution in [0.2, 0.25) is 0 Å². The first-order chi connectivity index (χ1) is 11.5. The lowest BCUT2D eigenvalue weighted by Crippen LogP contribution is -2.37. The molecular formula is C17H18BrN3OS2. The van der Waals surface area contributed by atoms with Crippen molar-refractivity contribution in [3.8, 4) is 0 Å². The van der Waals surface area contributed by atoms with Gasteiger partial charge in [0.1, 0.15) is 0 Å². The molecule has 0 saturated carbocycles. The molecule has 0 N–H and O–H groups in total. The molecule has 0 bridgehead atoms. The van der Waals surface area contributed by atoms with Crippen molar-refractivity contribution in [2.45, 2.75) is 6.42 Å². The lowest BCUT2D eigenvalue weighted by Gasteiger charge is -2.21. The minimum absolute atomic E-state index is 0.0948. The van der Waals surface area contributed by atoms with Gasteiger partial charge in [-0.15, -0.1) is 11.3 Å². The highest BCUT2D eigenvalue weighted by atomic mass is 79.9. The Bertz CT molecular complexity index is 830. The fourth-order valence-corrected chi connectivity index (χ4v) is 4.54. The van der Waals surface area contributed by atoms with Gasteiger partial charge in [0.2, 0.25) is 5.91 Å². The van der Waals surface area contributed by atoms with E-state index in [2.05, 4.69) is 25.8 Å². The number of thiophene rings is 1. The van der Waals surface area contributed by atoms with E-state index in [0.717, 1.165) is 31.2 Å². The van der Waals surface area contributed by atoms with E-state index in [4.69, 9.17) is 0 Å². The fraction of sp³-hybridized carbons (Fsp3) is 0.294. The molecule has 0 saturated heterocycles. The first-order valence-electron chi connectivity index (χ1n) is 7.56. The fourth-order valence-electron chi connectivity index (χ4n) is 2.29. The minimum atomic E-state index is 0.0948. The van der Waals surface area contributed by atoms with Crippen molar-refractivity contribution in [2.75, 3.05) is 32.1 Å². The van der Waals surface area contributed by atoms with Gasteiger partial charge in [0.05, 0.1) is 16.6 Å². The Morgan fingerprint density at radius 2 is 2.08 bits per heavy atom. The Kier molecular flexibility index (Phi) is 5.65. The number of carbonyl (C=O) groups excluding carboxylic acids is 1. The van der Waals surface area contributed by atoms with Crippen LogP contribution >= 0.6 is 38.6 Å². The Morgan fingerprint density at radius 1 is 1.25 bits per heavy atom. The SMILES string of the molecule is CN(C)CCN(C(=O)Cc1cccs1)c1nc2ccc(Br)cc2s1. The van der Waals surface area contributed by atoms with Gasteiger partial charge in [-0.1, -0.05) is 33.3 Å². The van der Waals surface area contributed by atoms with E-state index in [0.29, 0.717) is 13.0 Å².